The molecule has 0 saturated carbocycles. The highest BCUT2D eigenvalue weighted by molar-refractivity contribution is 6.06. The predicted molar refractivity (Wildman–Crippen MR) is 105 cm³/mol. The largest absolute Gasteiger partial charge is 0.0625 e. The summed E-state index contributed by atoms with van der Waals surface area (Å²) in [6.45, 7) is 4.59. The Balaban J connectivity index is 2.10. The first-order valence-electron chi connectivity index (χ1n) is 8.73. The van der Waals surface area contributed by atoms with Crippen LogP contribution in [0.2, 0.25) is 0 Å². The lowest BCUT2D eigenvalue weighted by Gasteiger charge is -2.17. The van der Waals surface area contributed by atoms with Crippen molar-refractivity contribution < 1.29 is 0 Å². The van der Waals surface area contributed by atoms with Crippen molar-refractivity contribution in [1.82, 2.24) is 0 Å². The molecule has 0 aromatic heterocycles. The van der Waals surface area contributed by atoms with Gasteiger partial charge in [-0.15, -0.1) is 0 Å². The summed E-state index contributed by atoms with van der Waals surface area (Å²) in [5.74, 6) is 0.639. The summed E-state index contributed by atoms with van der Waals surface area (Å²) in [5, 5.41) is 5.31. The molecule has 24 heavy (non-hydrogen) atoms. The Labute approximate surface area is 143 Å². The Morgan fingerprint density at radius 2 is 1.25 bits per heavy atom. The molecular formula is C24H22. The molecule has 0 fully saturated rings. The van der Waals surface area contributed by atoms with E-state index in [1.54, 1.807) is 0 Å². The molecule has 0 bridgehead atoms. The molecule has 0 heterocycles. The lowest BCUT2D eigenvalue weighted by atomic mass is 9.87. The summed E-state index contributed by atoms with van der Waals surface area (Å²) < 4.78 is 0. The van der Waals surface area contributed by atoms with Gasteiger partial charge in [0.1, 0.15) is 0 Å². The Hall–Kier alpha value is -2.60. The van der Waals surface area contributed by atoms with Crippen molar-refractivity contribution in [3.05, 3.63) is 84.4 Å². The molecule has 0 aliphatic rings. The second-order valence-corrected chi connectivity index (χ2v) is 6.95. The topological polar surface area (TPSA) is 0 Å². The average molecular weight is 310 g/mol. The van der Waals surface area contributed by atoms with E-state index in [0.717, 1.165) is 6.42 Å². The van der Waals surface area contributed by atoms with Crippen molar-refractivity contribution in [1.29, 1.82) is 0 Å². The van der Waals surface area contributed by atoms with E-state index in [0.29, 0.717) is 5.92 Å². The highest BCUT2D eigenvalue weighted by atomic mass is 14.2. The average Bonchev–Trinajstić information content (AvgIpc) is 2.61. The summed E-state index contributed by atoms with van der Waals surface area (Å²) >= 11 is 0. The van der Waals surface area contributed by atoms with Crippen molar-refractivity contribution in [3.63, 3.8) is 0 Å². The van der Waals surface area contributed by atoms with Gasteiger partial charge in [-0.1, -0.05) is 92.7 Å². The van der Waals surface area contributed by atoms with Gasteiger partial charge in [-0.25, -0.2) is 0 Å². The quantitative estimate of drug-likeness (QED) is 0.388. The normalized spacial score (nSPS) is 11.5. The van der Waals surface area contributed by atoms with Gasteiger partial charge >= 0.3 is 0 Å². The first kappa shape index (κ1) is 15.0. The number of hydrogen-bond donors (Lipinski definition) is 0. The summed E-state index contributed by atoms with van der Waals surface area (Å²) in [7, 11) is 0. The van der Waals surface area contributed by atoms with Crippen molar-refractivity contribution >= 4 is 21.5 Å². The molecule has 0 radical (unpaired) electrons. The molecule has 0 N–H and O–H groups in total. The molecule has 0 atom stereocenters. The molecule has 0 aliphatic heterocycles. The molecule has 0 unspecified atom stereocenters. The third-order valence-corrected chi connectivity index (χ3v) is 4.70. The summed E-state index contributed by atoms with van der Waals surface area (Å²) in [6, 6.07) is 28.7. The van der Waals surface area contributed by atoms with Crippen LogP contribution in [0.1, 0.15) is 19.4 Å². The van der Waals surface area contributed by atoms with E-state index >= 15 is 0 Å². The van der Waals surface area contributed by atoms with Gasteiger partial charge in [-0.3, -0.25) is 0 Å². The van der Waals surface area contributed by atoms with Gasteiger partial charge in [0.2, 0.25) is 0 Å². The molecule has 0 amide bonds. The minimum Gasteiger partial charge on any atom is -0.0625 e. The van der Waals surface area contributed by atoms with Gasteiger partial charge in [-0.05, 0) is 50.6 Å². The van der Waals surface area contributed by atoms with Crippen LogP contribution in [0, 0.1) is 5.92 Å². The first-order chi connectivity index (χ1) is 11.7. The van der Waals surface area contributed by atoms with Gasteiger partial charge in [-0.2, -0.15) is 0 Å². The van der Waals surface area contributed by atoms with E-state index in [1.165, 1.54) is 38.2 Å². The van der Waals surface area contributed by atoms with Crippen molar-refractivity contribution in [2.75, 3.05) is 0 Å². The van der Waals surface area contributed by atoms with E-state index in [2.05, 4.69) is 92.7 Å². The van der Waals surface area contributed by atoms with Crippen LogP contribution in [0.4, 0.5) is 0 Å². The van der Waals surface area contributed by atoms with Gasteiger partial charge < -0.3 is 0 Å². The summed E-state index contributed by atoms with van der Waals surface area (Å²) in [6.07, 6.45) is 1.10. The van der Waals surface area contributed by atoms with E-state index in [4.69, 9.17) is 0 Å². The zero-order chi connectivity index (χ0) is 16.5. The van der Waals surface area contributed by atoms with Crippen LogP contribution in [0.15, 0.2) is 78.9 Å². The molecule has 4 rings (SSSR count). The fraction of sp³-hybridized carbons (Fsp3) is 0.167. The van der Waals surface area contributed by atoms with E-state index < -0.39 is 0 Å². The highest BCUT2D eigenvalue weighted by Crippen LogP contribution is 2.37. The van der Waals surface area contributed by atoms with Gasteiger partial charge in [0.05, 0.1) is 0 Å². The van der Waals surface area contributed by atoms with Crippen molar-refractivity contribution in [3.8, 4) is 11.1 Å². The Bertz CT molecular complexity index is 1000. The van der Waals surface area contributed by atoms with Gasteiger partial charge in [0, 0.05) is 0 Å². The lowest BCUT2D eigenvalue weighted by molar-refractivity contribution is 0.648. The molecule has 118 valence electrons. The van der Waals surface area contributed by atoms with Crippen molar-refractivity contribution in [2.45, 2.75) is 20.3 Å². The fourth-order valence-electron chi connectivity index (χ4n) is 3.69. The lowest BCUT2D eigenvalue weighted by Crippen LogP contribution is -1.98. The third kappa shape index (κ3) is 2.59. The van der Waals surface area contributed by atoms with Gasteiger partial charge in [0.25, 0.3) is 0 Å². The predicted octanol–water partition coefficient (Wildman–Crippen LogP) is 6.86. The SMILES string of the molecule is CC(C)Cc1ccc2ccccc2c1-c1cccc2ccccc12. The Kier molecular flexibility index (Phi) is 3.82. The second kappa shape index (κ2) is 6.13. The zero-order valence-corrected chi connectivity index (χ0v) is 14.3. The number of hydrogen-bond acceptors (Lipinski definition) is 0. The van der Waals surface area contributed by atoms with E-state index in [1.807, 2.05) is 0 Å². The molecule has 0 saturated heterocycles. The summed E-state index contributed by atoms with van der Waals surface area (Å²) in [4.78, 5) is 0. The van der Waals surface area contributed by atoms with Crippen LogP contribution in [-0.2, 0) is 6.42 Å². The molecule has 0 spiro atoms. The standard InChI is InChI=1S/C24H22/c1-17(2)16-20-15-14-19-9-4-6-12-22(19)24(20)23-13-7-10-18-8-3-5-11-21(18)23/h3-15,17H,16H2,1-2H3. The van der Waals surface area contributed by atoms with Crippen LogP contribution in [0.25, 0.3) is 32.7 Å². The maximum absolute atomic E-state index is 2.32. The molecular weight excluding hydrogens is 288 g/mol. The first-order valence-corrected chi connectivity index (χ1v) is 8.73. The summed E-state index contributed by atoms with van der Waals surface area (Å²) in [5.41, 5.74) is 4.19. The molecule has 0 heteroatoms. The highest BCUT2D eigenvalue weighted by Gasteiger charge is 2.13. The maximum atomic E-state index is 2.32. The van der Waals surface area contributed by atoms with Crippen LogP contribution in [0.3, 0.4) is 0 Å². The monoisotopic (exact) mass is 310 g/mol. The van der Waals surface area contributed by atoms with Crippen LogP contribution in [-0.4, -0.2) is 0 Å². The van der Waals surface area contributed by atoms with Crippen LogP contribution < -0.4 is 0 Å². The van der Waals surface area contributed by atoms with Crippen LogP contribution >= 0.6 is 0 Å². The second-order valence-electron chi connectivity index (χ2n) is 6.95. The maximum Gasteiger partial charge on any atom is -0.00670 e. The minimum atomic E-state index is 0.639. The molecule has 0 aliphatic carbocycles. The number of benzene rings is 4. The molecule has 4 aromatic rings. The molecule has 4 aromatic carbocycles. The number of rotatable bonds is 3. The van der Waals surface area contributed by atoms with Gasteiger partial charge in [0.15, 0.2) is 0 Å². The smallest absolute Gasteiger partial charge is 0.00670 e. The Morgan fingerprint density at radius 3 is 2.00 bits per heavy atom. The van der Waals surface area contributed by atoms with Crippen molar-refractivity contribution in [2.24, 2.45) is 5.92 Å². The third-order valence-electron chi connectivity index (χ3n) is 4.70. The zero-order valence-electron chi connectivity index (χ0n) is 14.3. The van der Waals surface area contributed by atoms with E-state index in [9.17, 15) is 0 Å². The van der Waals surface area contributed by atoms with Crippen LogP contribution in [0.5, 0.6) is 0 Å². The minimum absolute atomic E-state index is 0.639. The number of fused-ring (bicyclic) bond motifs is 2. The molecule has 0 nitrogen and oxygen atoms in total. The van der Waals surface area contributed by atoms with E-state index in [-0.39, 0.29) is 0 Å². The Morgan fingerprint density at radius 1 is 0.625 bits per heavy atom. The fourth-order valence-corrected chi connectivity index (χ4v) is 3.69.